The molecule has 0 radical (unpaired) electrons. The zero-order chi connectivity index (χ0) is 17.1. The normalized spacial score (nSPS) is 27.8. The molecule has 2 saturated heterocycles. The Kier molecular flexibility index (Phi) is 5.50. The number of aromatic nitrogens is 2. The van der Waals surface area contributed by atoms with Gasteiger partial charge in [-0.2, -0.15) is 0 Å². The smallest absolute Gasteiger partial charge is 0.330 e. The van der Waals surface area contributed by atoms with Crippen LogP contribution in [-0.2, 0) is 9.47 Å². The first-order valence-electron chi connectivity index (χ1n) is 8.62. The van der Waals surface area contributed by atoms with Crippen molar-refractivity contribution in [2.45, 2.75) is 44.6 Å². The Labute approximate surface area is 140 Å². The van der Waals surface area contributed by atoms with Crippen molar-refractivity contribution in [3.8, 4) is 0 Å². The first-order valence-corrected chi connectivity index (χ1v) is 8.62. The molecule has 0 aromatic carbocycles. The number of nitrogens with one attached hydrogen (secondary N) is 2. The summed E-state index contributed by atoms with van der Waals surface area (Å²) >= 11 is 0. The maximum Gasteiger partial charge on any atom is 0.330 e. The van der Waals surface area contributed by atoms with Crippen molar-refractivity contribution in [3.63, 3.8) is 0 Å². The molecule has 2 aliphatic rings. The molecule has 1 aromatic heterocycles. The van der Waals surface area contributed by atoms with Crippen LogP contribution in [-0.4, -0.2) is 59.7 Å². The summed E-state index contributed by atoms with van der Waals surface area (Å²) in [6.45, 7) is 5.45. The lowest BCUT2D eigenvalue weighted by atomic mass is 10.2. The van der Waals surface area contributed by atoms with Crippen LogP contribution >= 0.6 is 0 Å². The third kappa shape index (κ3) is 3.77. The number of hydrogen-bond donors (Lipinski definition) is 3. The monoisotopic (exact) mass is 340 g/mol. The number of aromatic amines is 1. The van der Waals surface area contributed by atoms with E-state index in [4.69, 9.17) is 9.47 Å². The molecule has 3 atom stereocenters. The van der Waals surface area contributed by atoms with Crippen molar-refractivity contribution in [2.75, 3.05) is 32.8 Å². The fourth-order valence-corrected chi connectivity index (χ4v) is 3.49. The van der Waals surface area contributed by atoms with Gasteiger partial charge in [0, 0.05) is 31.0 Å². The van der Waals surface area contributed by atoms with Gasteiger partial charge in [-0.25, -0.2) is 4.79 Å². The minimum atomic E-state index is -0.533. The second-order valence-corrected chi connectivity index (χ2v) is 6.64. The largest absolute Gasteiger partial charge is 0.394 e. The SMILES string of the molecule is Cc1cn([C@H]2C[C@H](OCC[NH+]3CCCC3)[C@@H](CO)O2)c(=O)[nH]c1=O. The van der Waals surface area contributed by atoms with Gasteiger partial charge in [0.1, 0.15) is 18.9 Å². The zero-order valence-corrected chi connectivity index (χ0v) is 14.0. The lowest BCUT2D eigenvalue weighted by Gasteiger charge is -2.18. The summed E-state index contributed by atoms with van der Waals surface area (Å²) < 4.78 is 13.1. The van der Waals surface area contributed by atoms with Crippen LogP contribution in [0.4, 0.5) is 0 Å². The number of H-pyrrole nitrogens is 1. The van der Waals surface area contributed by atoms with Gasteiger partial charge in [-0.1, -0.05) is 0 Å². The molecular weight excluding hydrogens is 314 g/mol. The molecule has 2 fully saturated rings. The van der Waals surface area contributed by atoms with E-state index in [1.165, 1.54) is 36.7 Å². The summed E-state index contributed by atoms with van der Waals surface area (Å²) in [7, 11) is 0. The van der Waals surface area contributed by atoms with Crippen LogP contribution in [0.15, 0.2) is 15.8 Å². The number of aryl methyl sites for hydroxylation is 1. The maximum absolute atomic E-state index is 12.0. The molecule has 8 nitrogen and oxygen atoms in total. The third-order valence-electron chi connectivity index (χ3n) is 4.91. The van der Waals surface area contributed by atoms with Crippen LogP contribution in [0, 0.1) is 6.92 Å². The standard InChI is InChI=1S/C16H25N3O5/c1-11-9-19(16(22)17-15(11)21)14-8-12(13(10-20)24-14)23-7-6-18-4-2-3-5-18/h9,12-14,20H,2-8,10H2,1H3,(H,17,21,22)/p+1/t12-,13+,14+/m0/s1. The molecule has 3 rings (SSSR count). The minimum absolute atomic E-state index is 0.158. The van der Waals surface area contributed by atoms with Gasteiger partial charge < -0.3 is 19.5 Å². The van der Waals surface area contributed by atoms with E-state index in [0.29, 0.717) is 18.6 Å². The fourth-order valence-electron chi connectivity index (χ4n) is 3.49. The van der Waals surface area contributed by atoms with E-state index < -0.39 is 23.6 Å². The average molecular weight is 340 g/mol. The summed E-state index contributed by atoms with van der Waals surface area (Å²) in [6.07, 6.45) is 3.29. The van der Waals surface area contributed by atoms with Crippen LogP contribution in [0.1, 0.15) is 31.1 Å². The zero-order valence-electron chi connectivity index (χ0n) is 14.0. The molecule has 3 N–H and O–H groups in total. The van der Waals surface area contributed by atoms with Gasteiger partial charge >= 0.3 is 5.69 Å². The van der Waals surface area contributed by atoms with Crippen molar-refractivity contribution in [3.05, 3.63) is 32.6 Å². The Hall–Kier alpha value is -1.48. The molecule has 0 aliphatic carbocycles. The van der Waals surface area contributed by atoms with E-state index in [9.17, 15) is 14.7 Å². The highest BCUT2D eigenvalue weighted by molar-refractivity contribution is 5.02. The summed E-state index contributed by atoms with van der Waals surface area (Å²) in [6, 6.07) is 0. The molecule has 0 unspecified atom stereocenters. The Morgan fingerprint density at radius 3 is 2.88 bits per heavy atom. The van der Waals surface area contributed by atoms with E-state index in [1.54, 1.807) is 11.8 Å². The maximum atomic E-state index is 12.0. The number of aliphatic hydroxyl groups is 1. The summed E-state index contributed by atoms with van der Waals surface area (Å²) in [5.41, 5.74) is -0.454. The van der Waals surface area contributed by atoms with Crippen LogP contribution in [0.2, 0.25) is 0 Å². The van der Waals surface area contributed by atoms with Gasteiger partial charge in [0.05, 0.1) is 32.4 Å². The number of ether oxygens (including phenoxy) is 2. The van der Waals surface area contributed by atoms with Crippen LogP contribution in [0.25, 0.3) is 0 Å². The molecule has 2 aliphatic heterocycles. The molecule has 3 heterocycles. The van der Waals surface area contributed by atoms with Gasteiger partial charge in [0.25, 0.3) is 5.56 Å². The Morgan fingerprint density at radius 2 is 2.17 bits per heavy atom. The number of quaternary nitrogens is 1. The van der Waals surface area contributed by atoms with Gasteiger partial charge in [-0.3, -0.25) is 14.3 Å². The number of likely N-dealkylation sites (tertiary alicyclic amines) is 1. The lowest BCUT2D eigenvalue weighted by molar-refractivity contribution is -0.887. The minimum Gasteiger partial charge on any atom is -0.394 e. The molecule has 0 saturated carbocycles. The van der Waals surface area contributed by atoms with Crippen molar-refractivity contribution >= 4 is 0 Å². The first-order chi connectivity index (χ1) is 11.6. The molecule has 1 aromatic rings. The quantitative estimate of drug-likeness (QED) is 0.567. The second kappa shape index (κ2) is 7.60. The van der Waals surface area contributed by atoms with Crippen molar-refractivity contribution in [1.29, 1.82) is 0 Å². The van der Waals surface area contributed by atoms with Crippen LogP contribution in [0.5, 0.6) is 0 Å². The van der Waals surface area contributed by atoms with E-state index in [0.717, 1.165) is 6.54 Å². The van der Waals surface area contributed by atoms with E-state index in [2.05, 4.69) is 4.98 Å². The van der Waals surface area contributed by atoms with Crippen LogP contribution in [0.3, 0.4) is 0 Å². The van der Waals surface area contributed by atoms with E-state index >= 15 is 0 Å². The van der Waals surface area contributed by atoms with Crippen LogP contribution < -0.4 is 16.1 Å². The number of aliphatic hydroxyl groups excluding tert-OH is 1. The summed E-state index contributed by atoms with van der Waals surface area (Å²) in [5.74, 6) is 0. The van der Waals surface area contributed by atoms with Gasteiger partial charge in [-0.05, 0) is 6.92 Å². The molecule has 8 heteroatoms. The number of nitrogens with zero attached hydrogens (tertiary/aromatic N) is 1. The molecule has 24 heavy (non-hydrogen) atoms. The molecule has 0 amide bonds. The Bertz CT molecular complexity index is 664. The number of hydrogen-bond acceptors (Lipinski definition) is 5. The molecular formula is C16H26N3O5+. The third-order valence-corrected chi connectivity index (χ3v) is 4.91. The van der Waals surface area contributed by atoms with Gasteiger partial charge in [0.15, 0.2) is 0 Å². The lowest BCUT2D eigenvalue weighted by Crippen LogP contribution is -3.10. The average Bonchev–Trinajstić information content (AvgIpc) is 3.20. The highest BCUT2D eigenvalue weighted by Gasteiger charge is 2.37. The topological polar surface area (TPSA) is 98.0 Å². The summed E-state index contributed by atoms with van der Waals surface area (Å²) in [5, 5.41) is 9.52. The molecule has 134 valence electrons. The number of rotatable bonds is 6. The highest BCUT2D eigenvalue weighted by Crippen LogP contribution is 2.29. The van der Waals surface area contributed by atoms with Crippen molar-refractivity contribution in [1.82, 2.24) is 9.55 Å². The first kappa shape index (κ1) is 17.3. The van der Waals surface area contributed by atoms with E-state index in [1.807, 2.05) is 0 Å². The predicted molar refractivity (Wildman–Crippen MR) is 86.2 cm³/mol. The highest BCUT2D eigenvalue weighted by atomic mass is 16.6. The molecule has 0 bridgehead atoms. The van der Waals surface area contributed by atoms with Gasteiger partial charge in [-0.15, -0.1) is 0 Å². The van der Waals surface area contributed by atoms with Crippen molar-refractivity contribution in [2.24, 2.45) is 0 Å². The predicted octanol–water partition coefficient (Wildman–Crippen LogP) is -1.81. The Morgan fingerprint density at radius 1 is 1.42 bits per heavy atom. The van der Waals surface area contributed by atoms with E-state index in [-0.39, 0.29) is 12.7 Å². The van der Waals surface area contributed by atoms with Gasteiger partial charge in [0.2, 0.25) is 0 Å². The summed E-state index contributed by atoms with van der Waals surface area (Å²) in [4.78, 5) is 27.3. The Balaban J connectivity index is 1.62. The second-order valence-electron chi connectivity index (χ2n) is 6.64. The van der Waals surface area contributed by atoms with Crippen molar-refractivity contribution < 1.29 is 19.5 Å². The molecule has 0 spiro atoms. The fraction of sp³-hybridized carbons (Fsp3) is 0.750.